The molecule has 0 fully saturated rings. The predicted octanol–water partition coefficient (Wildman–Crippen LogP) is 13.1. The predicted molar refractivity (Wildman–Crippen MR) is 170 cm³/mol. The maximum Gasteiger partial charge on any atom is 0.330 e. The molecule has 226 valence electrons. The van der Waals surface area contributed by atoms with E-state index in [4.69, 9.17) is 5.11 Å². The Hall–Kier alpha value is -0.790. The highest BCUT2D eigenvalue weighted by Gasteiger charge is 1.99. The first-order chi connectivity index (χ1) is 18.7. The molecule has 0 aromatic rings. The number of hydrogen-bond acceptors (Lipinski definition) is 1. The maximum atomic E-state index is 10.7. The molecule has 0 atom stereocenters. The molecule has 0 unspecified atom stereocenters. The van der Waals surface area contributed by atoms with Gasteiger partial charge in [0.05, 0.1) is 0 Å². The van der Waals surface area contributed by atoms with Gasteiger partial charge in [-0.3, -0.25) is 0 Å². The molecule has 0 saturated carbocycles. The van der Waals surface area contributed by atoms with E-state index < -0.39 is 5.97 Å². The topological polar surface area (TPSA) is 37.3 Å². The van der Waals surface area contributed by atoms with Crippen molar-refractivity contribution < 1.29 is 9.90 Å². The van der Waals surface area contributed by atoms with Crippen molar-refractivity contribution in [2.75, 3.05) is 0 Å². The van der Waals surface area contributed by atoms with Crippen LogP contribution in [0.3, 0.4) is 0 Å². The third kappa shape index (κ3) is 31.4. The number of carbonyl (C=O) groups is 1. The Morgan fingerprint density at radius 3 is 0.842 bits per heavy atom. The zero-order chi connectivity index (χ0) is 27.8. The summed E-state index contributed by atoms with van der Waals surface area (Å²) in [4.78, 5) is 10.7. The van der Waals surface area contributed by atoms with Crippen LogP contribution < -0.4 is 0 Å². The van der Waals surface area contributed by atoms with E-state index in [1.165, 1.54) is 186 Å². The summed E-state index contributed by atoms with van der Waals surface area (Å²) in [6.07, 6.45) is 45.6. The van der Waals surface area contributed by atoms with Crippen LogP contribution in [0.25, 0.3) is 0 Å². The van der Waals surface area contributed by atoms with Gasteiger partial charge in [0.1, 0.15) is 0 Å². The van der Waals surface area contributed by atoms with E-state index >= 15 is 0 Å². The van der Waals surface area contributed by atoms with Gasteiger partial charge in [-0.1, -0.05) is 199 Å². The normalized spacial score (nSPS) is 11.9. The largest absolute Gasteiger partial charge is 0.478 e. The molecule has 0 saturated heterocycles. The van der Waals surface area contributed by atoms with Crippen molar-refractivity contribution >= 4 is 5.97 Å². The van der Waals surface area contributed by atoms with Crippen LogP contribution in [0.4, 0.5) is 0 Å². The summed E-state index contributed by atoms with van der Waals surface area (Å²) in [5, 5.41) is 8.83. The van der Waals surface area contributed by atoms with Gasteiger partial charge in [-0.2, -0.15) is 0 Å². The molecule has 0 rings (SSSR count). The Morgan fingerprint density at radius 1 is 0.421 bits per heavy atom. The van der Waals surface area contributed by atoms with Crippen molar-refractivity contribution in [2.24, 2.45) is 0 Å². The molecule has 0 aromatic heterocycles. The van der Waals surface area contributed by atoms with Gasteiger partial charge in [0.25, 0.3) is 0 Å². The number of carboxylic acids is 1. The highest BCUT2D eigenvalue weighted by atomic mass is 16.4. The molecule has 0 aliphatic carbocycles. The Balaban J connectivity index is 3.08. The van der Waals surface area contributed by atoms with Gasteiger partial charge in [0.15, 0.2) is 0 Å². The molecule has 0 bridgehead atoms. The molecule has 0 amide bonds. The highest BCUT2D eigenvalue weighted by Crippen LogP contribution is 2.16. The second-order valence-corrected chi connectivity index (χ2v) is 12.2. The minimum absolute atomic E-state index is 0.486. The highest BCUT2D eigenvalue weighted by molar-refractivity contribution is 5.85. The van der Waals surface area contributed by atoms with Gasteiger partial charge < -0.3 is 5.11 Å². The lowest BCUT2D eigenvalue weighted by Gasteiger charge is -2.04. The first-order valence-corrected chi connectivity index (χ1v) is 17.6. The smallest absolute Gasteiger partial charge is 0.330 e. The first-order valence-electron chi connectivity index (χ1n) is 17.6. The summed E-state index contributed by atoms with van der Waals surface area (Å²) in [6.45, 7) is 3.99. The van der Waals surface area contributed by atoms with Crippen molar-refractivity contribution in [3.8, 4) is 0 Å². The lowest BCUT2D eigenvalue weighted by atomic mass is 10.0. The fourth-order valence-electron chi connectivity index (χ4n) is 5.57. The summed E-state index contributed by atoms with van der Waals surface area (Å²) < 4.78 is 0. The van der Waals surface area contributed by atoms with Crippen LogP contribution in [-0.4, -0.2) is 11.1 Å². The molecule has 0 aromatic carbocycles. The third-order valence-electron chi connectivity index (χ3n) is 8.35. The first kappa shape index (κ1) is 37.2. The average Bonchev–Trinajstić information content (AvgIpc) is 2.91. The Kier molecular flexibility index (Phi) is 31.7. The number of hydrogen-bond donors (Lipinski definition) is 1. The van der Waals surface area contributed by atoms with Crippen LogP contribution in [0, 0.1) is 0 Å². The van der Waals surface area contributed by atoms with E-state index in [2.05, 4.69) is 6.92 Å². The van der Waals surface area contributed by atoms with Crippen LogP contribution >= 0.6 is 0 Å². The second-order valence-electron chi connectivity index (χ2n) is 12.2. The van der Waals surface area contributed by atoms with Crippen LogP contribution in [0.15, 0.2) is 11.6 Å². The van der Waals surface area contributed by atoms with E-state index in [1.807, 2.05) is 6.08 Å². The van der Waals surface area contributed by atoms with Gasteiger partial charge in [0, 0.05) is 5.57 Å². The van der Waals surface area contributed by atoms with E-state index in [-0.39, 0.29) is 0 Å². The van der Waals surface area contributed by atoms with Crippen molar-refractivity contribution in [1.82, 2.24) is 0 Å². The summed E-state index contributed by atoms with van der Waals surface area (Å²) in [6, 6.07) is 0. The lowest BCUT2D eigenvalue weighted by molar-refractivity contribution is -0.132. The minimum atomic E-state index is -0.782. The summed E-state index contributed by atoms with van der Waals surface area (Å²) in [5.41, 5.74) is 0.486. The Morgan fingerprint density at radius 2 is 0.632 bits per heavy atom. The third-order valence-corrected chi connectivity index (χ3v) is 8.35. The van der Waals surface area contributed by atoms with E-state index in [0.717, 1.165) is 12.8 Å². The van der Waals surface area contributed by atoms with Crippen LogP contribution in [-0.2, 0) is 4.79 Å². The molecule has 0 radical (unpaired) electrons. The zero-order valence-electron chi connectivity index (χ0n) is 26.4. The molecular formula is C36H70O2. The lowest BCUT2D eigenvalue weighted by Crippen LogP contribution is -1.95. The van der Waals surface area contributed by atoms with Gasteiger partial charge in [-0.15, -0.1) is 0 Å². The van der Waals surface area contributed by atoms with Crippen LogP contribution in [0.2, 0.25) is 0 Å². The fraction of sp³-hybridized carbons (Fsp3) is 0.917. The summed E-state index contributed by atoms with van der Waals surface area (Å²) >= 11 is 0. The van der Waals surface area contributed by atoms with Crippen LogP contribution in [0.1, 0.15) is 213 Å². The van der Waals surface area contributed by atoms with Crippen molar-refractivity contribution in [2.45, 2.75) is 213 Å². The van der Waals surface area contributed by atoms with E-state index in [0.29, 0.717) is 5.57 Å². The summed E-state index contributed by atoms with van der Waals surface area (Å²) in [7, 11) is 0. The van der Waals surface area contributed by atoms with Crippen molar-refractivity contribution in [3.05, 3.63) is 11.6 Å². The van der Waals surface area contributed by atoms with Gasteiger partial charge in [0.2, 0.25) is 0 Å². The monoisotopic (exact) mass is 535 g/mol. The second kappa shape index (κ2) is 32.4. The standard InChI is InChI=1S/C36H70O2/c1-3-4-5-6-7-8-9-10-11-12-13-14-15-16-17-18-19-20-21-22-23-24-25-26-27-28-29-30-31-32-33-34-35(2)36(37)38/h34H,3-33H2,1-2H3,(H,37,38). The number of aliphatic carboxylic acids is 1. The molecule has 2 heteroatoms. The zero-order valence-corrected chi connectivity index (χ0v) is 26.4. The van der Waals surface area contributed by atoms with Crippen LogP contribution in [0.5, 0.6) is 0 Å². The molecule has 0 spiro atoms. The fourth-order valence-corrected chi connectivity index (χ4v) is 5.57. The number of unbranched alkanes of at least 4 members (excludes halogenated alkanes) is 30. The maximum absolute atomic E-state index is 10.7. The molecular weight excluding hydrogens is 464 g/mol. The van der Waals surface area contributed by atoms with Gasteiger partial charge in [-0.25, -0.2) is 4.79 Å². The Bertz CT molecular complexity index is 496. The van der Waals surface area contributed by atoms with Crippen molar-refractivity contribution in [1.29, 1.82) is 0 Å². The number of allylic oxidation sites excluding steroid dienone is 1. The molecule has 0 aliphatic heterocycles. The quantitative estimate of drug-likeness (QED) is 0.0688. The molecule has 0 aliphatic rings. The average molecular weight is 535 g/mol. The number of rotatable bonds is 32. The van der Waals surface area contributed by atoms with Gasteiger partial charge in [-0.05, 0) is 19.8 Å². The molecule has 0 heterocycles. The SMILES string of the molecule is CCCCCCCCCCCCCCCCCCCCCCCCCCCCCCCCC=C(C)C(=O)O. The molecule has 38 heavy (non-hydrogen) atoms. The van der Waals surface area contributed by atoms with E-state index in [9.17, 15) is 4.79 Å². The number of carboxylic acid groups (broad SMARTS) is 1. The van der Waals surface area contributed by atoms with Gasteiger partial charge >= 0.3 is 5.97 Å². The molecule has 2 nitrogen and oxygen atoms in total. The summed E-state index contributed by atoms with van der Waals surface area (Å²) in [5.74, 6) is -0.782. The van der Waals surface area contributed by atoms with Crippen molar-refractivity contribution in [3.63, 3.8) is 0 Å². The Labute approximate surface area is 240 Å². The van der Waals surface area contributed by atoms with E-state index in [1.54, 1.807) is 6.92 Å². The minimum Gasteiger partial charge on any atom is -0.478 e. The molecule has 1 N–H and O–H groups in total.